The van der Waals surface area contributed by atoms with Crippen LogP contribution in [0.25, 0.3) is 28.3 Å². The number of fused-ring (bicyclic) bond motifs is 4. The number of benzene rings is 1. The van der Waals surface area contributed by atoms with Crippen molar-refractivity contribution in [3.05, 3.63) is 58.4 Å². The molecule has 0 unspecified atom stereocenters. The third kappa shape index (κ3) is 3.19. The summed E-state index contributed by atoms with van der Waals surface area (Å²) in [6, 6.07) is 10.2. The van der Waals surface area contributed by atoms with Crippen molar-refractivity contribution in [1.29, 1.82) is 0 Å². The molecule has 1 aromatic carbocycles. The number of halogens is 1. The van der Waals surface area contributed by atoms with Crippen molar-refractivity contribution in [2.75, 3.05) is 18.8 Å². The highest BCUT2D eigenvalue weighted by atomic mass is 79.9. The van der Waals surface area contributed by atoms with Crippen molar-refractivity contribution >= 4 is 38.6 Å². The number of hydrogen-bond donors (Lipinski definition) is 1. The summed E-state index contributed by atoms with van der Waals surface area (Å²) in [6.45, 7) is 3.56. The summed E-state index contributed by atoms with van der Waals surface area (Å²) in [5.74, 6) is 1.32. The highest BCUT2D eigenvalue weighted by Crippen LogP contribution is 2.25. The molecule has 156 valence electrons. The van der Waals surface area contributed by atoms with Gasteiger partial charge >= 0.3 is 0 Å². The van der Waals surface area contributed by atoms with Gasteiger partial charge in [0.2, 0.25) is 11.8 Å². The predicted molar refractivity (Wildman–Crippen MR) is 119 cm³/mol. The van der Waals surface area contributed by atoms with Crippen LogP contribution in [0.5, 0.6) is 0 Å². The first-order valence-corrected chi connectivity index (χ1v) is 10.9. The first-order chi connectivity index (χ1) is 15.2. The second-order valence-corrected chi connectivity index (χ2v) is 8.58. The van der Waals surface area contributed by atoms with E-state index in [1.807, 2.05) is 10.7 Å². The van der Waals surface area contributed by atoms with Crippen molar-refractivity contribution in [3.63, 3.8) is 0 Å². The number of nitrogens with two attached hydrogens (primary N) is 1. The lowest BCUT2D eigenvalue weighted by Crippen LogP contribution is -2.33. The Morgan fingerprint density at radius 2 is 2.03 bits per heavy atom. The fourth-order valence-electron chi connectivity index (χ4n) is 4.14. The molecular formula is C21H19BrN8O. The van der Waals surface area contributed by atoms with Gasteiger partial charge in [0.15, 0.2) is 17.1 Å². The molecule has 4 aromatic heterocycles. The van der Waals surface area contributed by atoms with E-state index in [0.717, 1.165) is 35.9 Å². The molecule has 0 aliphatic carbocycles. The fourth-order valence-corrected chi connectivity index (χ4v) is 4.55. The van der Waals surface area contributed by atoms with E-state index >= 15 is 0 Å². The molecule has 0 saturated carbocycles. The van der Waals surface area contributed by atoms with Crippen molar-refractivity contribution in [2.24, 2.45) is 0 Å². The van der Waals surface area contributed by atoms with Crippen LogP contribution >= 0.6 is 15.9 Å². The Bertz CT molecular complexity index is 1400. The highest BCUT2D eigenvalue weighted by molar-refractivity contribution is 9.10. The van der Waals surface area contributed by atoms with Crippen molar-refractivity contribution in [3.8, 4) is 11.6 Å². The molecule has 0 spiro atoms. The molecule has 1 aliphatic heterocycles. The van der Waals surface area contributed by atoms with Crippen molar-refractivity contribution < 1.29 is 4.42 Å². The van der Waals surface area contributed by atoms with E-state index in [-0.39, 0.29) is 5.95 Å². The third-order valence-electron chi connectivity index (χ3n) is 5.73. The molecule has 0 saturated heterocycles. The van der Waals surface area contributed by atoms with Crippen LogP contribution in [-0.2, 0) is 19.5 Å². The minimum absolute atomic E-state index is 0.270. The Morgan fingerprint density at radius 1 is 1.10 bits per heavy atom. The quantitative estimate of drug-likeness (QED) is 0.423. The first kappa shape index (κ1) is 18.5. The minimum atomic E-state index is 0.270. The molecule has 0 fully saturated rings. The number of hydrogen-bond acceptors (Lipinski definition) is 7. The van der Waals surface area contributed by atoms with Crippen LogP contribution < -0.4 is 5.73 Å². The van der Waals surface area contributed by atoms with E-state index in [1.54, 1.807) is 18.5 Å². The van der Waals surface area contributed by atoms with Gasteiger partial charge in [-0.05, 0) is 41.8 Å². The Balaban J connectivity index is 1.28. The molecule has 0 bridgehead atoms. The maximum absolute atomic E-state index is 6.19. The predicted octanol–water partition coefficient (Wildman–Crippen LogP) is 3.14. The molecule has 2 N–H and O–H groups in total. The van der Waals surface area contributed by atoms with E-state index in [0.29, 0.717) is 29.4 Å². The van der Waals surface area contributed by atoms with Crippen LogP contribution in [0.4, 0.5) is 5.95 Å². The topological polar surface area (TPSA) is 103 Å². The normalized spacial score (nSPS) is 14.5. The lowest BCUT2D eigenvalue weighted by Gasteiger charge is -2.28. The second kappa shape index (κ2) is 7.17. The van der Waals surface area contributed by atoms with E-state index in [2.05, 4.69) is 59.2 Å². The second-order valence-electron chi connectivity index (χ2n) is 7.66. The van der Waals surface area contributed by atoms with Gasteiger partial charge in [0.25, 0.3) is 0 Å². The zero-order valence-corrected chi connectivity index (χ0v) is 18.2. The third-order valence-corrected chi connectivity index (χ3v) is 6.22. The van der Waals surface area contributed by atoms with Gasteiger partial charge in [0.1, 0.15) is 0 Å². The highest BCUT2D eigenvalue weighted by Gasteiger charge is 2.19. The number of rotatable bonds is 4. The molecule has 0 amide bonds. The largest absolute Gasteiger partial charge is 0.461 e. The molecule has 6 rings (SSSR count). The summed E-state index contributed by atoms with van der Waals surface area (Å²) in [4.78, 5) is 11.6. The van der Waals surface area contributed by atoms with Gasteiger partial charge < -0.3 is 10.2 Å². The molecule has 1 aliphatic rings. The molecular weight excluding hydrogens is 460 g/mol. The summed E-state index contributed by atoms with van der Waals surface area (Å²) in [6.07, 6.45) is 4.43. The zero-order valence-electron chi connectivity index (χ0n) is 16.6. The first-order valence-electron chi connectivity index (χ1n) is 10.1. The van der Waals surface area contributed by atoms with Gasteiger partial charge in [-0.2, -0.15) is 14.6 Å². The monoisotopic (exact) mass is 478 g/mol. The molecule has 5 heterocycles. The fraction of sp³-hybridized carbons (Fsp3) is 0.238. The number of furan rings is 1. The molecule has 9 nitrogen and oxygen atoms in total. The SMILES string of the molecule is Nc1nc2c(cnn2CCN2CCc3ccc(Br)cc3C2)c2nc(-c3ccco3)nn12. The average molecular weight is 479 g/mol. The van der Waals surface area contributed by atoms with Crippen LogP contribution in [-0.4, -0.2) is 47.4 Å². The number of anilines is 1. The molecule has 31 heavy (non-hydrogen) atoms. The maximum Gasteiger partial charge on any atom is 0.225 e. The van der Waals surface area contributed by atoms with Gasteiger partial charge in [-0.15, -0.1) is 5.10 Å². The summed E-state index contributed by atoms with van der Waals surface area (Å²) >= 11 is 3.58. The van der Waals surface area contributed by atoms with Gasteiger partial charge in [0, 0.05) is 24.1 Å². The smallest absolute Gasteiger partial charge is 0.225 e. The van der Waals surface area contributed by atoms with E-state index in [4.69, 9.17) is 10.2 Å². The average Bonchev–Trinajstić information content (AvgIpc) is 3.51. The van der Waals surface area contributed by atoms with Crippen LogP contribution in [0.2, 0.25) is 0 Å². The standard InChI is InChI=1S/C21H19BrN8O/c22-15-4-3-13-5-6-28(12-14(13)10-15)7-8-29-19-16(11-24-29)20-25-18(17-2-1-9-31-17)27-30(20)21(23)26-19/h1-4,9-11H,5-8,12H2,(H2,23,26). The summed E-state index contributed by atoms with van der Waals surface area (Å²) < 4.78 is 9.96. The van der Waals surface area contributed by atoms with Crippen LogP contribution in [0.1, 0.15) is 11.1 Å². The van der Waals surface area contributed by atoms with E-state index in [1.165, 1.54) is 15.6 Å². The summed E-state index contributed by atoms with van der Waals surface area (Å²) in [5.41, 5.74) is 10.3. The van der Waals surface area contributed by atoms with Crippen LogP contribution in [0, 0.1) is 0 Å². The molecule has 5 aromatic rings. The Labute approximate surface area is 185 Å². The van der Waals surface area contributed by atoms with Crippen LogP contribution in [0.3, 0.4) is 0 Å². The minimum Gasteiger partial charge on any atom is -0.461 e. The lowest BCUT2D eigenvalue weighted by atomic mass is 10.00. The Morgan fingerprint density at radius 3 is 2.90 bits per heavy atom. The van der Waals surface area contributed by atoms with Crippen molar-refractivity contribution in [1.82, 2.24) is 34.3 Å². The van der Waals surface area contributed by atoms with Crippen molar-refractivity contribution in [2.45, 2.75) is 19.5 Å². The van der Waals surface area contributed by atoms with Gasteiger partial charge in [-0.25, -0.2) is 9.67 Å². The number of nitrogen functional groups attached to an aromatic ring is 1. The maximum atomic E-state index is 6.19. The molecule has 10 heteroatoms. The molecule has 0 radical (unpaired) electrons. The van der Waals surface area contributed by atoms with E-state index in [9.17, 15) is 0 Å². The van der Waals surface area contributed by atoms with Gasteiger partial charge in [-0.1, -0.05) is 22.0 Å². The summed E-state index contributed by atoms with van der Waals surface area (Å²) in [5, 5.41) is 9.81. The number of aromatic nitrogens is 6. The Hall–Kier alpha value is -3.24. The lowest BCUT2D eigenvalue weighted by molar-refractivity contribution is 0.241. The van der Waals surface area contributed by atoms with Crippen LogP contribution in [0.15, 0.2) is 51.7 Å². The number of nitrogens with zero attached hydrogens (tertiary/aromatic N) is 7. The molecule has 0 atom stereocenters. The van der Waals surface area contributed by atoms with Gasteiger partial charge in [0.05, 0.1) is 24.4 Å². The van der Waals surface area contributed by atoms with E-state index < -0.39 is 0 Å². The zero-order chi connectivity index (χ0) is 20.9. The van der Waals surface area contributed by atoms with Gasteiger partial charge in [-0.3, -0.25) is 4.90 Å². The summed E-state index contributed by atoms with van der Waals surface area (Å²) in [7, 11) is 0. The Kier molecular flexibility index (Phi) is 4.29.